The first kappa shape index (κ1) is 21.0. The lowest BCUT2D eigenvalue weighted by Gasteiger charge is -2.08. The van der Waals surface area contributed by atoms with Crippen LogP contribution >= 0.6 is 34.8 Å². The van der Waals surface area contributed by atoms with E-state index in [2.05, 4.69) is 20.8 Å². The van der Waals surface area contributed by atoms with Gasteiger partial charge in [0.1, 0.15) is 11.6 Å². The van der Waals surface area contributed by atoms with Gasteiger partial charge in [0.2, 0.25) is 5.91 Å². The van der Waals surface area contributed by atoms with E-state index in [-0.39, 0.29) is 18.9 Å². The van der Waals surface area contributed by atoms with Gasteiger partial charge in [-0.05, 0) is 37.3 Å². The Hall–Kier alpha value is -2.35. The number of nitrogens with zero attached hydrogens (tertiary/aromatic N) is 2. The topological polar surface area (TPSA) is 92.7 Å². The molecular weight excluding hydrogens is 415 g/mol. The molecule has 1 aromatic carbocycles. The molecule has 0 aliphatic carbocycles. The molecule has 0 bridgehead atoms. The van der Waals surface area contributed by atoms with Crippen molar-refractivity contribution in [2.24, 2.45) is 5.10 Å². The molecule has 7 nitrogen and oxygen atoms in total. The van der Waals surface area contributed by atoms with Crippen LogP contribution in [-0.2, 0) is 9.59 Å². The number of benzene rings is 1. The molecule has 142 valence electrons. The second kappa shape index (κ2) is 10.1. The molecule has 2 amide bonds. The molecule has 0 spiro atoms. The summed E-state index contributed by atoms with van der Waals surface area (Å²) in [5, 5.41) is 7.67. The quantitative estimate of drug-likeness (QED) is 0.515. The number of hydrogen-bond donors (Lipinski definition) is 2. The summed E-state index contributed by atoms with van der Waals surface area (Å²) in [6.45, 7) is 1.31. The van der Waals surface area contributed by atoms with Crippen LogP contribution in [0.25, 0.3) is 0 Å². The van der Waals surface area contributed by atoms with Crippen LogP contribution in [-0.4, -0.2) is 29.1 Å². The Balaban J connectivity index is 1.77. The molecule has 0 aliphatic rings. The number of amides is 2. The molecule has 0 radical (unpaired) electrons. The molecule has 0 saturated heterocycles. The third-order valence-electron chi connectivity index (χ3n) is 3.04. The second-order valence-corrected chi connectivity index (χ2v) is 6.61. The van der Waals surface area contributed by atoms with Crippen molar-refractivity contribution in [3.63, 3.8) is 0 Å². The molecule has 27 heavy (non-hydrogen) atoms. The molecule has 10 heteroatoms. The van der Waals surface area contributed by atoms with E-state index in [0.717, 1.165) is 0 Å². The zero-order valence-electron chi connectivity index (χ0n) is 14.1. The third-order valence-corrected chi connectivity index (χ3v) is 3.79. The van der Waals surface area contributed by atoms with Crippen LogP contribution in [0.4, 0.5) is 5.82 Å². The molecule has 1 heterocycles. The van der Waals surface area contributed by atoms with Crippen LogP contribution in [0, 0.1) is 0 Å². The van der Waals surface area contributed by atoms with Gasteiger partial charge in [0.15, 0.2) is 6.61 Å². The predicted octanol–water partition coefficient (Wildman–Crippen LogP) is 3.94. The number of aromatic nitrogens is 1. The van der Waals surface area contributed by atoms with Gasteiger partial charge in [-0.1, -0.05) is 34.8 Å². The standard InChI is InChI=1S/C17H15Cl3N4O3/c1-10(6-16(25)22-15-5-3-12(19)8-21-15)23-24-17(26)9-27-14-4-2-11(18)7-13(14)20/h2-5,7-8H,6,9H2,1H3,(H,24,26)(H,21,22,25). The molecule has 2 N–H and O–H groups in total. The second-order valence-electron chi connectivity index (χ2n) is 5.33. The maximum absolute atomic E-state index is 11.9. The first-order valence-electron chi connectivity index (χ1n) is 7.65. The van der Waals surface area contributed by atoms with Crippen LogP contribution in [0.5, 0.6) is 5.75 Å². The normalized spacial score (nSPS) is 11.0. The average molecular weight is 430 g/mol. The summed E-state index contributed by atoms with van der Waals surface area (Å²) < 4.78 is 5.29. The number of halogens is 3. The van der Waals surface area contributed by atoms with Gasteiger partial charge in [-0.2, -0.15) is 5.10 Å². The van der Waals surface area contributed by atoms with Gasteiger partial charge >= 0.3 is 0 Å². The number of pyridine rings is 1. The number of hydrogen-bond acceptors (Lipinski definition) is 5. The number of carbonyl (C=O) groups is 2. The summed E-state index contributed by atoms with van der Waals surface area (Å²) in [5.41, 5.74) is 2.70. The molecule has 0 fully saturated rings. The fourth-order valence-electron chi connectivity index (χ4n) is 1.83. The van der Waals surface area contributed by atoms with E-state index in [1.165, 1.54) is 12.3 Å². The van der Waals surface area contributed by atoms with E-state index in [4.69, 9.17) is 39.5 Å². The minimum atomic E-state index is -0.500. The van der Waals surface area contributed by atoms with Crippen molar-refractivity contribution >= 4 is 58.1 Å². The predicted molar refractivity (Wildman–Crippen MR) is 106 cm³/mol. The third kappa shape index (κ3) is 7.42. The number of carbonyl (C=O) groups excluding carboxylic acids is 2. The maximum Gasteiger partial charge on any atom is 0.277 e. The van der Waals surface area contributed by atoms with Gasteiger partial charge in [0.05, 0.1) is 16.5 Å². The minimum absolute atomic E-state index is 0.0194. The molecule has 2 rings (SSSR count). The first-order chi connectivity index (χ1) is 12.8. The van der Waals surface area contributed by atoms with Gasteiger partial charge in [-0.3, -0.25) is 9.59 Å². The van der Waals surface area contributed by atoms with Crippen LogP contribution in [0.15, 0.2) is 41.6 Å². The maximum atomic E-state index is 11.9. The summed E-state index contributed by atoms with van der Waals surface area (Å²) >= 11 is 17.5. The molecule has 2 aromatic rings. The zero-order valence-corrected chi connectivity index (χ0v) is 16.4. The van der Waals surface area contributed by atoms with E-state index in [1.807, 2.05) is 0 Å². The average Bonchev–Trinajstić information content (AvgIpc) is 2.61. The van der Waals surface area contributed by atoms with E-state index in [0.29, 0.717) is 32.3 Å². The SMILES string of the molecule is CC(CC(=O)Nc1ccc(Cl)cn1)=NNC(=O)COc1ccc(Cl)cc1Cl. The Morgan fingerprint density at radius 1 is 1.11 bits per heavy atom. The first-order valence-corrected chi connectivity index (χ1v) is 8.78. The van der Waals surface area contributed by atoms with Crippen molar-refractivity contribution in [1.29, 1.82) is 0 Å². The van der Waals surface area contributed by atoms with Crippen molar-refractivity contribution in [1.82, 2.24) is 10.4 Å². The minimum Gasteiger partial charge on any atom is -0.482 e. The van der Waals surface area contributed by atoms with Crippen molar-refractivity contribution in [3.8, 4) is 5.75 Å². The number of nitrogens with one attached hydrogen (secondary N) is 2. The van der Waals surface area contributed by atoms with Crippen molar-refractivity contribution < 1.29 is 14.3 Å². The van der Waals surface area contributed by atoms with Crippen molar-refractivity contribution in [2.45, 2.75) is 13.3 Å². The van der Waals surface area contributed by atoms with Gasteiger partial charge < -0.3 is 10.1 Å². The molecule has 0 aliphatic heterocycles. The number of anilines is 1. The largest absolute Gasteiger partial charge is 0.482 e. The summed E-state index contributed by atoms with van der Waals surface area (Å²) in [5.74, 6) is -0.133. The Bertz CT molecular complexity index is 857. The lowest BCUT2D eigenvalue weighted by atomic mass is 10.3. The van der Waals surface area contributed by atoms with Crippen LogP contribution in [0.3, 0.4) is 0 Å². The fraction of sp³-hybridized carbons (Fsp3) is 0.176. The van der Waals surface area contributed by atoms with Gasteiger partial charge in [0.25, 0.3) is 5.91 Å². The van der Waals surface area contributed by atoms with E-state index < -0.39 is 5.91 Å². The zero-order chi connectivity index (χ0) is 19.8. The van der Waals surface area contributed by atoms with Crippen LogP contribution in [0.2, 0.25) is 15.1 Å². The van der Waals surface area contributed by atoms with E-state index in [1.54, 1.807) is 31.2 Å². The molecule has 0 atom stereocenters. The van der Waals surface area contributed by atoms with Crippen LogP contribution in [0.1, 0.15) is 13.3 Å². The smallest absolute Gasteiger partial charge is 0.277 e. The molecular formula is C17H15Cl3N4O3. The Labute approximate surface area is 170 Å². The number of hydrazone groups is 1. The van der Waals surface area contributed by atoms with Gasteiger partial charge in [-0.25, -0.2) is 10.4 Å². The summed E-state index contributed by atoms with van der Waals surface area (Å²) in [4.78, 5) is 27.6. The molecule has 1 aromatic heterocycles. The lowest BCUT2D eigenvalue weighted by Crippen LogP contribution is -2.26. The molecule has 0 unspecified atom stereocenters. The number of rotatable bonds is 7. The van der Waals surface area contributed by atoms with Crippen molar-refractivity contribution in [2.75, 3.05) is 11.9 Å². The van der Waals surface area contributed by atoms with Crippen LogP contribution < -0.4 is 15.5 Å². The summed E-state index contributed by atoms with van der Waals surface area (Å²) in [7, 11) is 0. The van der Waals surface area contributed by atoms with E-state index >= 15 is 0 Å². The van der Waals surface area contributed by atoms with Gasteiger partial charge in [0, 0.05) is 16.9 Å². The highest BCUT2D eigenvalue weighted by Crippen LogP contribution is 2.27. The monoisotopic (exact) mass is 428 g/mol. The van der Waals surface area contributed by atoms with Crippen molar-refractivity contribution in [3.05, 3.63) is 51.6 Å². The van der Waals surface area contributed by atoms with Gasteiger partial charge in [-0.15, -0.1) is 0 Å². The Morgan fingerprint density at radius 3 is 2.52 bits per heavy atom. The highest BCUT2D eigenvalue weighted by Gasteiger charge is 2.08. The summed E-state index contributed by atoms with van der Waals surface area (Å²) in [6.07, 6.45) is 1.40. The summed E-state index contributed by atoms with van der Waals surface area (Å²) in [6, 6.07) is 7.84. The highest BCUT2D eigenvalue weighted by atomic mass is 35.5. The Kier molecular flexibility index (Phi) is 7.84. The highest BCUT2D eigenvalue weighted by molar-refractivity contribution is 6.35. The number of ether oxygens (including phenoxy) is 1. The molecule has 0 saturated carbocycles. The lowest BCUT2D eigenvalue weighted by molar-refractivity contribution is -0.123. The van der Waals surface area contributed by atoms with E-state index in [9.17, 15) is 9.59 Å². The fourth-order valence-corrected chi connectivity index (χ4v) is 2.41. The Morgan fingerprint density at radius 2 is 1.85 bits per heavy atom.